The number of para-hydroxylation sites is 1. The van der Waals surface area contributed by atoms with E-state index in [1.165, 1.54) is 6.07 Å². The second-order valence-electron chi connectivity index (χ2n) is 6.40. The zero-order valence-corrected chi connectivity index (χ0v) is 16.6. The Bertz CT molecular complexity index is 819. The lowest BCUT2D eigenvalue weighted by molar-refractivity contribution is -0.124. The van der Waals surface area contributed by atoms with Crippen LogP contribution in [0.5, 0.6) is 5.75 Å². The van der Waals surface area contributed by atoms with E-state index >= 15 is 0 Å². The van der Waals surface area contributed by atoms with E-state index in [-0.39, 0.29) is 24.9 Å². The molecule has 0 spiro atoms. The average Bonchev–Trinajstić information content (AvgIpc) is 3.18. The Morgan fingerprint density at radius 2 is 1.76 bits per heavy atom. The van der Waals surface area contributed by atoms with Gasteiger partial charge in [-0.15, -0.1) is 0 Å². The molecular formula is C20H25N3O6. The minimum atomic E-state index is -0.874. The predicted octanol–water partition coefficient (Wildman–Crippen LogP) is 2.39. The van der Waals surface area contributed by atoms with Gasteiger partial charge < -0.3 is 19.2 Å². The largest absolute Gasteiger partial charge is 0.486 e. The lowest BCUT2D eigenvalue weighted by atomic mass is 10.0. The molecule has 0 saturated carbocycles. The summed E-state index contributed by atoms with van der Waals surface area (Å²) in [5, 5.41) is 2.45. The van der Waals surface area contributed by atoms with Crippen molar-refractivity contribution in [1.29, 1.82) is 0 Å². The fourth-order valence-corrected chi connectivity index (χ4v) is 2.34. The summed E-state index contributed by atoms with van der Waals surface area (Å²) in [6.07, 6.45) is -0.707. The fourth-order valence-electron chi connectivity index (χ4n) is 2.34. The molecule has 0 saturated heterocycles. The Morgan fingerprint density at radius 3 is 2.41 bits per heavy atom. The third-order valence-electron chi connectivity index (χ3n) is 3.81. The minimum Gasteiger partial charge on any atom is -0.486 e. The first-order valence-corrected chi connectivity index (χ1v) is 9.20. The van der Waals surface area contributed by atoms with E-state index in [1.807, 2.05) is 30.3 Å². The van der Waals surface area contributed by atoms with Gasteiger partial charge in [0, 0.05) is 0 Å². The molecule has 9 heteroatoms. The molecular weight excluding hydrogens is 378 g/mol. The van der Waals surface area contributed by atoms with Gasteiger partial charge in [0.25, 0.3) is 5.91 Å². The van der Waals surface area contributed by atoms with Crippen LogP contribution in [0.15, 0.2) is 46.9 Å². The number of carbonyl (C=O) groups is 3. The number of nitrogens with one attached hydrogen (secondary N) is 3. The third-order valence-corrected chi connectivity index (χ3v) is 3.81. The first-order chi connectivity index (χ1) is 13.9. The summed E-state index contributed by atoms with van der Waals surface area (Å²) in [5.41, 5.74) is 4.54. The van der Waals surface area contributed by atoms with Gasteiger partial charge in [0.2, 0.25) is 0 Å². The summed E-state index contributed by atoms with van der Waals surface area (Å²) in [4.78, 5) is 36.0. The van der Waals surface area contributed by atoms with Gasteiger partial charge in [-0.1, -0.05) is 32.0 Å². The molecule has 1 heterocycles. The van der Waals surface area contributed by atoms with E-state index in [1.54, 1.807) is 26.8 Å². The molecule has 0 fully saturated rings. The number of benzene rings is 1. The molecule has 0 bridgehead atoms. The molecule has 1 aromatic carbocycles. The second kappa shape index (κ2) is 10.7. The zero-order chi connectivity index (χ0) is 21.2. The number of amides is 3. The molecule has 2 aromatic rings. The van der Waals surface area contributed by atoms with Crippen molar-refractivity contribution in [2.45, 2.75) is 33.4 Å². The van der Waals surface area contributed by atoms with E-state index in [9.17, 15) is 14.4 Å². The van der Waals surface area contributed by atoms with Crippen molar-refractivity contribution in [3.8, 4) is 5.75 Å². The summed E-state index contributed by atoms with van der Waals surface area (Å²) in [6.45, 7) is 5.51. The van der Waals surface area contributed by atoms with Crippen molar-refractivity contribution in [3.63, 3.8) is 0 Å². The van der Waals surface area contributed by atoms with Gasteiger partial charge in [-0.25, -0.2) is 4.79 Å². The van der Waals surface area contributed by atoms with Crippen molar-refractivity contribution >= 4 is 17.9 Å². The van der Waals surface area contributed by atoms with Crippen LogP contribution < -0.4 is 20.9 Å². The van der Waals surface area contributed by atoms with Crippen molar-refractivity contribution < 1.29 is 28.3 Å². The molecule has 156 valence electrons. The van der Waals surface area contributed by atoms with Gasteiger partial charge in [0.15, 0.2) is 5.76 Å². The highest BCUT2D eigenvalue weighted by Gasteiger charge is 2.25. The minimum absolute atomic E-state index is 0.0106. The number of ether oxygens (including phenoxy) is 2. The summed E-state index contributed by atoms with van der Waals surface area (Å²) in [7, 11) is 0. The number of carbonyl (C=O) groups excluding carboxylic acids is 3. The SMILES string of the molecule is CCOC(=O)NC(C(=O)NNC(=O)c1ccc(COc2ccccc2)o1)C(C)C. The maximum atomic E-state index is 12.3. The van der Waals surface area contributed by atoms with Gasteiger partial charge in [0.1, 0.15) is 24.2 Å². The Balaban J connectivity index is 1.85. The molecule has 0 aliphatic heterocycles. The smallest absolute Gasteiger partial charge is 0.407 e. The Hall–Kier alpha value is -3.49. The zero-order valence-electron chi connectivity index (χ0n) is 16.6. The van der Waals surface area contributed by atoms with Crippen LogP contribution in [0, 0.1) is 5.92 Å². The van der Waals surface area contributed by atoms with E-state index in [4.69, 9.17) is 13.9 Å². The van der Waals surface area contributed by atoms with E-state index in [2.05, 4.69) is 16.2 Å². The van der Waals surface area contributed by atoms with Gasteiger partial charge in [-0.2, -0.15) is 0 Å². The van der Waals surface area contributed by atoms with E-state index < -0.39 is 23.9 Å². The molecule has 3 amide bonds. The van der Waals surface area contributed by atoms with Crippen LogP contribution in [0.25, 0.3) is 0 Å². The number of furan rings is 1. The summed E-state index contributed by atoms with van der Waals surface area (Å²) < 4.78 is 15.8. The van der Waals surface area contributed by atoms with E-state index in [0.29, 0.717) is 11.5 Å². The molecule has 3 N–H and O–H groups in total. The topological polar surface area (TPSA) is 119 Å². The lowest BCUT2D eigenvalue weighted by Crippen LogP contribution is -2.54. The molecule has 2 rings (SSSR count). The van der Waals surface area contributed by atoms with Crippen LogP contribution in [0.4, 0.5) is 4.79 Å². The Morgan fingerprint density at radius 1 is 1.03 bits per heavy atom. The van der Waals surface area contributed by atoms with Gasteiger partial charge in [-0.3, -0.25) is 20.4 Å². The van der Waals surface area contributed by atoms with Gasteiger partial charge in [0.05, 0.1) is 6.61 Å². The van der Waals surface area contributed by atoms with Gasteiger partial charge in [-0.05, 0) is 37.1 Å². The molecule has 0 radical (unpaired) electrons. The number of hydrogen-bond donors (Lipinski definition) is 3. The standard InChI is InChI=1S/C20H25N3O6/c1-4-27-20(26)21-17(13(2)3)19(25)23-22-18(24)16-11-10-15(29-16)12-28-14-8-6-5-7-9-14/h5-11,13,17H,4,12H2,1-3H3,(H,21,26)(H,22,24)(H,23,25). The molecule has 1 atom stereocenters. The molecule has 29 heavy (non-hydrogen) atoms. The quantitative estimate of drug-likeness (QED) is 0.583. The summed E-state index contributed by atoms with van der Waals surface area (Å²) >= 11 is 0. The molecule has 9 nitrogen and oxygen atoms in total. The normalized spacial score (nSPS) is 11.4. The molecule has 0 aliphatic rings. The summed E-state index contributed by atoms with van der Waals surface area (Å²) in [5.74, 6) is -0.299. The number of hydrogen-bond acceptors (Lipinski definition) is 6. The Labute approximate surface area is 168 Å². The van der Waals surface area contributed by atoms with Crippen molar-refractivity contribution in [1.82, 2.24) is 16.2 Å². The lowest BCUT2D eigenvalue weighted by Gasteiger charge is -2.21. The highest BCUT2D eigenvalue weighted by molar-refractivity contribution is 5.94. The van der Waals surface area contributed by atoms with Crippen LogP contribution in [0.3, 0.4) is 0 Å². The monoisotopic (exact) mass is 403 g/mol. The van der Waals surface area contributed by atoms with Crippen LogP contribution in [0.2, 0.25) is 0 Å². The highest BCUT2D eigenvalue weighted by atomic mass is 16.5. The first-order valence-electron chi connectivity index (χ1n) is 9.20. The molecule has 1 aromatic heterocycles. The van der Waals surface area contributed by atoms with Crippen molar-refractivity contribution in [3.05, 3.63) is 54.0 Å². The van der Waals surface area contributed by atoms with Crippen LogP contribution in [0.1, 0.15) is 37.1 Å². The van der Waals surface area contributed by atoms with E-state index in [0.717, 1.165) is 0 Å². The maximum Gasteiger partial charge on any atom is 0.407 e. The fraction of sp³-hybridized carbons (Fsp3) is 0.350. The third kappa shape index (κ3) is 6.87. The number of hydrazine groups is 1. The average molecular weight is 403 g/mol. The van der Waals surface area contributed by atoms with Crippen molar-refractivity contribution in [2.75, 3.05) is 6.61 Å². The second-order valence-corrected chi connectivity index (χ2v) is 6.40. The molecule has 1 unspecified atom stereocenters. The van der Waals surface area contributed by atoms with Crippen molar-refractivity contribution in [2.24, 2.45) is 5.92 Å². The maximum absolute atomic E-state index is 12.3. The Kier molecular flexibility index (Phi) is 8.08. The summed E-state index contributed by atoms with van der Waals surface area (Å²) in [6, 6.07) is 11.4. The highest BCUT2D eigenvalue weighted by Crippen LogP contribution is 2.13. The van der Waals surface area contributed by atoms with Crippen LogP contribution in [-0.2, 0) is 16.1 Å². The van der Waals surface area contributed by atoms with Crippen LogP contribution >= 0.6 is 0 Å². The van der Waals surface area contributed by atoms with Crippen LogP contribution in [-0.4, -0.2) is 30.6 Å². The van der Waals surface area contributed by atoms with Gasteiger partial charge >= 0.3 is 12.0 Å². The molecule has 0 aliphatic carbocycles. The predicted molar refractivity (Wildman–Crippen MR) is 104 cm³/mol. The number of rotatable bonds is 8. The number of alkyl carbamates (subject to hydrolysis) is 1. The first kappa shape index (κ1) is 21.8.